The molecular weight excluding hydrogens is 711 g/mol. The summed E-state index contributed by atoms with van der Waals surface area (Å²) in [7, 11) is -8.08. The van der Waals surface area contributed by atoms with Crippen LogP contribution in [-0.4, -0.2) is 73.7 Å². The van der Waals surface area contributed by atoms with Gasteiger partial charge in [0.05, 0.1) is 4.90 Å². The topological polar surface area (TPSA) is 98.0 Å². The van der Waals surface area contributed by atoms with E-state index in [2.05, 4.69) is 35.5 Å². The smallest absolute Gasteiger partial charge is 0.295 e. The lowest BCUT2D eigenvalue weighted by atomic mass is 9.90. The number of hydrogen-bond donors (Lipinski definition) is 1. The van der Waals surface area contributed by atoms with E-state index in [0.29, 0.717) is 42.2 Å². The van der Waals surface area contributed by atoms with E-state index in [1.165, 1.54) is 11.6 Å². The van der Waals surface area contributed by atoms with Crippen LogP contribution in [0.1, 0.15) is 36.1 Å². The average molecular weight is 755 g/mol. The zero-order valence-electron chi connectivity index (χ0n) is 29.4. The predicted octanol–water partition coefficient (Wildman–Crippen LogP) is 7.30. The largest absolute Gasteiger partial charge is 0.367 e. The molecule has 0 saturated carbocycles. The van der Waals surface area contributed by atoms with E-state index in [9.17, 15) is 21.4 Å². The van der Waals surface area contributed by atoms with Crippen molar-refractivity contribution in [2.75, 3.05) is 42.6 Å². The molecule has 1 saturated heterocycles. The van der Waals surface area contributed by atoms with Crippen molar-refractivity contribution in [3.8, 4) is 0 Å². The van der Waals surface area contributed by atoms with Crippen LogP contribution in [0.2, 0.25) is 0 Å². The van der Waals surface area contributed by atoms with Crippen LogP contribution in [-0.2, 0) is 33.2 Å². The van der Waals surface area contributed by atoms with Gasteiger partial charge in [0.15, 0.2) is 12.3 Å². The second-order valence-electron chi connectivity index (χ2n) is 12.6. The molecule has 11 heteroatoms. The summed E-state index contributed by atoms with van der Waals surface area (Å²) >= 11 is 1.77. The van der Waals surface area contributed by atoms with Crippen molar-refractivity contribution in [1.29, 1.82) is 0 Å². The molecule has 2 aliphatic rings. The fraction of sp³-hybridized carbons (Fsp3) is 0.244. The van der Waals surface area contributed by atoms with Gasteiger partial charge in [-0.25, -0.2) is 13.0 Å². The van der Waals surface area contributed by atoms with Crippen LogP contribution >= 0.6 is 11.8 Å². The van der Waals surface area contributed by atoms with E-state index in [4.69, 9.17) is 0 Å². The summed E-state index contributed by atoms with van der Waals surface area (Å²) in [5, 5.41) is 0. The van der Waals surface area contributed by atoms with Gasteiger partial charge in [-0.2, -0.15) is 24.5 Å². The first-order chi connectivity index (χ1) is 25.1. The minimum Gasteiger partial charge on any atom is -0.367 e. The number of thioether (sulfide) groups is 1. The SMILES string of the molecule is CCN(Cc1ccccc1)c1ccc(C(=C2C=CC(=[N+](CC)Cc3cccc(S(=O)(=O)N4CCSCC4)c3)C=C2)c2ccccc2S(=O)(=O)O)cc1. The molecule has 1 N–H and O–H groups in total. The fourth-order valence-corrected chi connectivity index (χ4v) is 9.93. The van der Waals surface area contributed by atoms with Crippen LogP contribution in [0.4, 0.5) is 5.69 Å². The third-order valence-electron chi connectivity index (χ3n) is 9.34. The van der Waals surface area contributed by atoms with Crippen molar-refractivity contribution < 1.29 is 26.0 Å². The summed E-state index contributed by atoms with van der Waals surface area (Å²) in [5.41, 5.74) is 6.74. The summed E-state index contributed by atoms with van der Waals surface area (Å²) in [5.74, 6) is 1.60. The van der Waals surface area contributed by atoms with Crippen molar-refractivity contribution in [1.82, 2.24) is 4.31 Å². The molecule has 0 spiro atoms. The summed E-state index contributed by atoms with van der Waals surface area (Å²) in [4.78, 5) is 2.43. The van der Waals surface area contributed by atoms with Crippen LogP contribution in [0.25, 0.3) is 5.57 Å². The second kappa shape index (κ2) is 16.6. The zero-order valence-corrected chi connectivity index (χ0v) is 31.9. The molecule has 1 aliphatic heterocycles. The molecule has 0 amide bonds. The number of nitrogens with zero attached hydrogens (tertiary/aromatic N) is 3. The Bertz CT molecular complexity index is 2220. The molecule has 1 fully saturated rings. The summed E-state index contributed by atoms with van der Waals surface area (Å²) in [6.07, 6.45) is 7.91. The van der Waals surface area contributed by atoms with Gasteiger partial charge in [-0.15, -0.1) is 0 Å². The maximum absolute atomic E-state index is 13.4. The highest BCUT2D eigenvalue weighted by Crippen LogP contribution is 2.35. The molecule has 6 rings (SSSR count). The number of sulfonamides is 1. The highest BCUT2D eigenvalue weighted by molar-refractivity contribution is 7.99. The molecule has 52 heavy (non-hydrogen) atoms. The summed E-state index contributed by atoms with van der Waals surface area (Å²) < 4.78 is 65.9. The molecular formula is C41H44N3O5S3+. The van der Waals surface area contributed by atoms with E-state index < -0.39 is 20.1 Å². The molecule has 4 aromatic rings. The highest BCUT2D eigenvalue weighted by Gasteiger charge is 2.27. The highest BCUT2D eigenvalue weighted by atomic mass is 32.2. The molecule has 0 radical (unpaired) electrons. The number of benzene rings is 4. The van der Waals surface area contributed by atoms with Crippen molar-refractivity contribution in [3.63, 3.8) is 0 Å². The lowest BCUT2D eigenvalue weighted by Crippen LogP contribution is -2.37. The Labute approximate surface area is 312 Å². The summed E-state index contributed by atoms with van der Waals surface area (Å²) in [6, 6.07) is 32.1. The predicted molar refractivity (Wildman–Crippen MR) is 212 cm³/mol. The Morgan fingerprint density at radius 3 is 2.10 bits per heavy atom. The lowest BCUT2D eigenvalue weighted by molar-refractivity contribution is -0.539. The quantitative estimate of drug-likeness (QED) is 0.120. The van der Waals surface area contributed by atoms with E-state index in [0.717, 1.165) is 52.7 Å². The molecule has 0 aromatic heterocycles. The minimum absolute atomic E-state index is 0.161. The lowest BCUT2D eigenvalue weighted by Gasteiger charge is -2.25. The number of anilines is 1. The van der Waals surface area contributed by atoms with Crippen LogP contribution < -0.4 is 4.90 Å². The van der Waals surface area contributed by atoms with E-state index in [-0.39, 0.29) is 4.90 Å². The first kappa shape index (κ1) is 37.5. The zero-order chi connectivity index (χ0) is 36.7. The van der Waals surface area contributed by atoms with Gasteiger partial charge >= 0.3 is 0 Å². The maximum atomic E-state index is 13.4. The summed E-state index contributed by atoms with van der Waals surface area (Å²) in [6.45, 7) is 7.97. The van der Waals surface area contributed by atoms with Gasteiger partial charge in [0.25, 0.3) is 10.1 Å². The average Bonchev–Trinajstić information content (AvgIpc) is 3.17. The number of allylic oxidation sites excluding steroid dienone is 5. The Morgan fingerprint density at radius 1 is 0.788 bits per heavy atom. The van der Waals surface area contributed by atoms with Crippen LogP contribution in [0.3, 0.4) is 0 Å². The van der Waals surface area contributed by atoms with E-state index in [1.54, 1.807) is 52.5 Å². The van der Waals surface area contributed by atoms with Crippen LogP contribution in [0.15, 0.2) is 143 Å². The van der Waals surface area contributed by atoms with Gasteiger partial charge in [0.2, 0.25) is 10.0 Å². The Balaban J connectivity index is 1.34. The molecule has 1 aliphatic carbocycles. The Hall–Kier alpha value is -4.26. The third-order valence-corrected chi connectivity index (χ3v) is 13.1. The minimum atomic E-state index is -4.52. The molecule has 0 bridgehead atoms. The first-order valence-corrected chi connectivity index (χ1v) is 21.5. The molecule has 8 nitrogen and oxygen atoms in total. The molecule has 4 aromatic carbocycles. The van der Waals surface area contributed by atoms with Gasteiger partial charge in [-0.3, -0.25) is 4.55 Å². The van der Waals surface area contributed by atoms with Gasteiger partial charge in [0, 0.05) is 66.7 Å². The fourth-order valence-electron chi connectivity index (χ4n) is 6.59. The number of hydrogen-bond acceptors (Lipinski definition) is 6. The van der Waals surface area contributed by atoms with Crippen molar-refractivity contribution >= 4 is 48.9 Å². The molecule has 1 heterocycles. The normalized spacial score (nSPS) is 15.1. The van der Waals surface area contributed by atoms with Crippen molar-refractivity contribution in [2.24, 2.45) is 0 Å². The van der Waals surface area contributed by atoms with Crippen molar-refractivity contribution in [3.05, 3.63) is 155 Å². The van der Waals surface area contributed by atoms with E-state index >= 15 is 0 Å². The second-order valence-corrected chi connectivity index (χ2v) is 17.2. The standard InChI is InChI=1S/C41H43N3O5S3/c1-3-42(30-32-11-6-5-7-12-32)36-21-17-34(18-22-36)41(39-15-8-9-16-40(39)52(47,48)49)35-19-23-37(24-20-35)43(4-2)31-33-13-10-14-38(29-33)51(45,46)44-25-27-50-28-26-44/h5-24,29H,3-4,25-28,30-31H2,1-2H3/p+1. The van der Waals surface area contributed by atoms with Crippen LogP contribution in [0.5, 0.6) is 0 Å². The molecule has 0 atom stereocenters. The Kier molecular flexibility index (Phi) is 12.0. The Morgan fingerprint density at radius 2 is 1.44 bits per heavy atom. The van der Waals surface area contributed by atoms with E-state index in [1.807, 2.05) is 72.8 Å². The van der Waals surface area contributed by atoms with Gasteiger partial charge in [0.1, 0.15) is 11.4 Å². The van der Waals surface area contributed by atoms with Gasteiger partial charge < -0.3 is 4.90 Å². The van der Waals surface area contributed by atoms with Gasteiger partial charge in [-0.1, -0.05) is 72.8 Å². The maximum Gasteiger partial charge on any atom is 0.295 e. The van der Waals surface area contributed by atoms with Gasteiger partial charge in [-0.05, 0) is 78.6 Å². The number of rotatable bonds is 12. The first-order valence-electron chi connectivity index (χ1n) is 17.4. The molecule has 270 valence electrons. The molecule has 0 unspecified atom stereocenters. The monoisotopic (exact) mass is 754 g/mol. The van der Waals surface area contributed by atoms with Crippen LogP contribution in [0, 0.1) is 0 Å². The van der Waals surface area contributed by atoms with Crippen molar-refractivity contribution in [2.45, 2.75) is 36.7 Å². The third kappa shape index (κ3) is 8.67.